The number of amides is 2. The molecular formula is C14H20N2O3. The van der Waals surface area contributed by atoms with Crippen molar-refractivity contribution in [2.24, 2.45) is 0 Å². The number of ether oxygens (including phenoxy) is 1. The maximum Gasteiger partial charge on any atom is 0.337 e. The van der Waals surface area contributed by atoms with Gasteiger partial charge in [0.25, 0.3) is 0 Å². The number of anilines is 1. The van der Waals surface area contributed by atoms with Crippen LogP contribution in [0.2, 0.25) is 0 Å². The van der Waals surface area contributed by atoms with Crippen LogP contribution in [0, 0.1) is 0 Å². The molecule has 0 spiro atoms. The molecule has 0 aliphatic rings. The minimum atomic E-state index is -0.421. The van der Waals surface area contributed by atoms with Gasteiger partial charge in [0.1, 0.15) is 0 Å². The molecular weight excluding hydrogens is 244 g/mol. The summed E-state index contributed by atoms with van der Waals surface area (Å²) in [5.74, 6) is -0.421. The number of carbonyl (C=O) groups excluding carboxylic acids is 2. The summed E-state index contributed by atoms with van der Waals surface area (Å²) in [5.41, 5.74) is 0.993. The van der Waals surface area contributed by atoms with Gasteiger partial charge in [0.2, 0.25) is 0 Å². The normalized spacial score (nSPS) is 9.84. The predicted molar refractivity (Wildman–Crippen MR) is 74.3 cm³/mol. The van der Waals surface area contributed by atoms with Crippen LogP contribution in [-0.4, -0.2) is 37.6 Å². The van der Waals surface area contributed by atoms with Gasteiger partial charge in [-0.1, -0.05) is 19.4 Å². The summed E-state index contributed by atoms with van der Waals surface area (Å²) in [6.07, 6.45) is 2.00. The maximum atomic E-state index is 11.9. The first kappa shape index (κ1) is 15.0. The van der Waals surface area contributed by atoms with Crippen molar-refractivity contribution in [3.63, 3.8) is 0 Å². The molecule has 19 heavy (non-hydrogen) atoms. The zero-order valence-corrected chi connectivity index (χ0v) is 11.6. The molecule has 1 aromatic rings. The third-order valence-corrected chi connectivity index (χ3v) is 2.73. The molecule has 0 saturated heterocycles. The summed E-state index contributed by atoms with van der Waals surface area (Å²) >= 11 is 0. The average Bonchev–Trinajstić information content (AvgIpc) is 2.44. The summed E-state index contributed by atoms with van der Waals surface area (Å²) in [5, 5.41) is 2.75. The van der Waals surface area contributed by atoms with Crippen LogP contribution in [0.1, 0.15) is 30.1 Å². The highest BCUT2D eigenvalue weighted by Gasteiger charge is 2.10. The number of rotatable bonds is 5. The molecule has 1 rings (SSSR count). The third kappa shape index (κ3) is 4.62. The molecule has 0 saturated carbocycles. The minimum absolute atomic E-state index is 0.185. The van der Waals surface area contributed by atoms with E-state index in [9.17, 15) is 9.59 Å². The molecule has 0 heterocycles. The zero-order valence-electron chi connectivity index (χ0n) is 11.6. The molecule has 1 N–H and O–H groups in total. The Kier molecular flexibility index (Phi) is 5.85. The van der Waals surface area contributed by atoms with Crippen LogP contribution in [0.3, 0.4) is 0 Å². The number of hydrogen-bond acceptors (Lipinski definition) is 3. The van der Waals surface area contributed by atoms with E-state index in [-0.39, 0.29) is 6.03 Å². The van der Waals surface area contributed by atoms with E-state index in [0.29, 0.717) is 17.8 Å². The van der Waals surface area contributed by atoms with Gasteiger partial charge < -0.3 is 15.0 Å². The number of esters is 1. The van der Waals surface area contributed by atoms with Crippen LogP contribution in [0.25, 0.3) is 0 Å². The highest BCUT2D eigenvalue weighted by molar-refractivity contribution is 5.93. The number of urea groups is 1. The van der Waals surface area contributed by atoms with Gasteiger partial charge in [0, 0.05) is 19.3 Å². The Bertz CT molecular complexity index is 446. The van der Waals surface area contributed by atoms with Crippen molar-refractivity contribution in [1.29, 1.82) is 0 Å². The van der Waals surface area contributed by atoms with Gasteiger partial charge in [-0.25, -0.2) is 9.59 Å². The number of methoxy groups -OCH3 is 1. The second kappa shape index (κ2) is 7.41. The Balaban J connectivity index is 2.66. The Hall–Kier alpha value is -2.04. The smallest absolute Gasteiger partial charge is 0.337 e. The molecule has 0 aliphatic carbocycles. The van der Waals surface area contributed by atoms with Gasteiger partial charge in [0.15, 0.2) is 0 Å². The molecule has 0 radical (unpaired) electrons. The number of benzene rings is 1. The highest BCUT2D eigenvalue weighted by atomic mass is 16.5. The number of nitrogens with one attached hydrogen (secondary N) is 1. The standard InChI is InChI=1S/C14H20N2O3/c1-4-5-9-16(2)14(18)15-12-8-6-7-11(10-12)13(17)19-3/h6-8,10H,4-5,9H2,1-3H3,(H,15,18). The predicted octanol–water partition coefficient (Wildman–Crippen LogP) is 2.74. The lowest BCUT2D eigenvalue weighted by molar-refractivity contribution is 0.0600. The summed E-state index contributed by atoms with van der Waals surface area (Å²) in [7, 11) is 3.07. The summed E-state index contributed by atoms with van der Waals surface area (Å²) in [6, 6.07) is 6.49. The van der Waals surface area contributed by atoms with E-state index in [1.54, 1.807) is 36.2 Å². The zero-order chi connectivity index (χ0) is 14.3. The quantitative estimate of drug-likeness (QED) is 0.832. The van der Waals surface area contributed by atoms with E-state index in [2.05, 4.69) is 17.0 Å². The molecule has 0 bridgehead atoms. The maximum absolute atomic E-state index is 11.9. The van der Waals surface area contributed by atoms with Crippen LogP contribution in [-0.2, 0) is 4.74 Å². The number of hydrogen-bond donors (Lipinski definition) is 1. The van der Waals surface area contributed by atoms with Crippen molar-refractivity contribution in [3.8, 4) is 0 Å². The van der Waals surface area contributed by atoms with Crippen molar-refractivity contribution in [3.05, 3.63) is 29.8 Å². The lowest BCUT2D eigenvalue weighted by atomic mass is 10.2. The van der Waals surface area contributed by atoms with Gasteiger partial charge in [-0.05, 0) is 24.6 Å². The van der Waals surface area contributed by atoms with Crippen molar-refractivity contribution in [1.82, 2.24) is 4.90 Å². The van der Waals surface area contributed by atoms with Crippen molar-refractivity contribution < 1.29 is 14.3 Å². The highest BCUT2D eigenvalue weighted by Crippen LogP contribution is 2.12. The fourth-order valence-corrected chi connectivity index (χ4v) is 1.56. The van der Waals surface area contributed by atoms with Gasteiger partial charge >= 0.3 is 12.0 Å². The number of unbranched alkanes of at least 4 members (excludes halogenated alkanes) is 1. The lowest BCUT2D eigenvalue weighted by Crippen LogP contribution is -2.32. The molecule has 5 heteroatoms. The van der Waals surface area contributed by atoms with Gasteiger partial charge in [-0.3, -0.25) is 0 Å². The summed E-state index contributed by atoms with van der Waals surface area (Å²) in [6.45, 7) is 2.78. The van der Waals surface area contributed by atoms with E-state index in [1.165, 1.54) is 7.11 Å². The largest absolute Gasteiger partial charge is 0.465 e. The topological polar surface area (TPSA) is 58.6 Å². The molecule has 1 aromatic carbocycles. The SMILES string of the molecule is CCCCN(C)C(=O)Nc1cccc(C(=O)OC)c1. The van der Waals surface area contributed by atoms with Crippen LogP contribution in [0.5, 0.6) is 0 Å². The fourth-order valence-electron chi connectivity index (χ4n) is 1.56. The van der Waals surface area contributed by atoms with Crippen LogP contribution >= 0.6 is 0 Å². The molecule has 2 amide bonds. The summed E-state index contributed by atoms with van der Waals surface area (Å²) in [4.78, 5) is 24.9. The van der Waals surface area contributed by atoms with Crippen LogP contribution in [0.4, 0.5) is 10.5 Å². The van der Waals surface area contributed by atoms with E-state index >= 15 is 0 Å². The lowest BCUT2D eigenvalue weighted by Gasteiger charge is -2.17. The number of nitrogens with zero attached hydrogens (tertiary/aromatic N) is 1. The second-order valence-corrected chi connectivity index (χ2v) is 4.28. The third-order valence-electron chi connectivity index (χ3n) is 2.73. The monoisotopic (exact) mass is 264 g/mol. The first-order chi connectivity index (χ1) is 9.08. The van der Waals surface area contributed by atoms with Crippen molar-refractivity contribution in [2.75, 3.05) is 26.0 Å². The summed E-state index contributed by atoms with van der Waals surface area (Å²) < 4.78 is 4.63. The van der Waals surface area contributed by atoms with E-state index in [4.69, 9.17) is 0 Å². The minimum Gasteiger partial charge on any atom is -0.465 e. The van der Waals surface area contributed by atoms with Crippen molar-refractivity contribution in [2.45, 2.75) is 19.8 Å². The van der Waals surface area contributed by atoms with E-state index in [0.717, 1.165) is 12.8 Å². The van der Waals surface area contributed by atoms with Crippen molar-refractivity contribution >= 4 is 17.7 Å². The molecule has 0 atom stereocenters. The van der Waals surface area contributed by atoms with Gasteiger partial charge in [-0.15, -0.1) is 0 Å². The Morgan fingerprint density at radius 2 is 2.11 bits per heavy atom. The first-order valence-corrected chi connectivity index (χ1v) is 6.29. The molecule has 0 fully saturated rings. The second-order valence-electron chi connectivity index (χ2n) is 4.28. The fraction of sp³-hybridized carbons (Fsp3) is 0.429. The Morgan fingerprint density at radius 1 is 1.37 bits per heavy atom. The van der Waals surface area contributed by atoms with Gasteiger partial charge in [0.05, 0.1) is 12.7 Å². The Morgan fingerprint density at radius 3 is 2.74 bits per heavy atom. The first-order valence-electron chi connectivity index (χ1n) is 6.29. The molecule has 0 aliphatic heterocycles. The molecule has 0 unspecified atom stereocenters. The average molecular weight is 264 g/mol. The van der Waals surface area contributed by atoms with Crippen LogP contribution in [0.15, 0.2) is 24.3 Å². The molecule has 104 valence electrons. The van der Waals surface area contributed by atoms with E-state index < -0.39 is 5.97 Å². The molecule has 0 aromatic heterocycles. The Labute approximate surface area is 113 Å². The number of carbonyl (C=O) groups is 2. The molecule has 5 nitrogen and oxygen atoms in total. The van der Waals surface area contributed by atoms with Crippen LogP contribution < -0.4 is 5.32 Å². The van der Waals surface area contributed by atoms with Gasteiger partial charge in [-0.2, -0.15) is 0 Å². The van der Waals surface area contributed by atoms with E-state index in [1.807, 2.05) is 0 Å².